The van der Waals surface area contributed by atoms with E-state index >= 15 is 0 Å². The van der Waals surface area contributed by atoms with Gasteiger partial charge < -0.3 is 10.4 Å². The molecule has 7 nitrogen and oxygen atoms in total. The van der Waals surface area contributed by atoms with Crippen LogP contribution >= 0.6 is 23.2 Å². The molecule has 1 heterocycles. The van der Waals surface area contributed by atoms with E-state index in [9.17, 15) is 9.59 Å². The second-order valence-corrected chi connectivity index (χ2v) is 7.38. The second-order valence-electron chi connectivity index (χ2n) is 6.57. The van der Waals surface area contributed by atoms with Crippen molar-refractivity contribution in [2.45, 2.75) is 26.3 Å². The van der Waals surface area contributed by atoms with Crippen molar-refractivity contribution >= 4 is 40.8 Å². The minimum atomic E-state index is -0.936. The molecule has 0 aliphatic heterocycles. The van der Waals surface area contributed by atoms with E-state index in [0.29, 0.717) is 33.5 Å². The maximum Gasteiger partial charge on any atom is 0.310 e. The first-order valence-electron chi connectivity index (χ1n) is 8.74. The average Bonchev–Trinajstić information content (AvgIpc) is 3.04. The average molecular weight is 433 g/mol. The van der Waals surface area contributed by atoms with Crippen LogP contribution in [0.15, 0.2) is 42.5 Å². The fraction of sp³-hybridized carbons (Fsp3) is 0.200. The van der Waals surface area contributed by atoms with Crippen LogP contribution in [0.4, 0.5) is 5.69 Å². The van der Waals surface area contributed by atoms with E-state index in [0.717, 1.165) is 5.56 Å². The molecule has 0 spiro atoms. The molecule has 0 saturated carbocycles. The van der Waals surface area contributed by atoms with E-state index in [1.54, 1.807) is 54.9 Å². The SMILES string of the molecule is Cc1c(C(=O)Nc2cccc(C(C)C(=O)O)c2)nnn1Cc1ccc(Cl)c(Cl)c1. The van der Waals surface area contributed by atoms with Gasteiger partial charge in [0.05, 0.1) is 28.2 Å². The summed E-state index contributed by atoms with van der Waals surface area (Å²) in [5, 5.41) is 20.8. The predicted octanol–water partition coefficient (Wildman–Crippen LogP) is 4.38. The topological polar surface area (TPSA) is 97.1 Å². The van der Waals surface area contributed by atoms with Crippen LogP contribution in [0.25, 0.3) is 0 Å². The molecule has 0 saturated heterocycles. The van der Waals surface area contributed by atoms with Crippen molar-refractivity contribution in [3.05, 3.63) is 75.0 Å². The van der Waals surface area contributed by atoms with Gasteiger partial charge in [-0.05, 0) is 49.2 Å². The molecule has 9 heteroatoms. The first-order valence-corrected chi connectivity index (χ1v) is 9.50. The van der Waals surface area contributed by atoms with Crippen LogP contribution < -0.4 is 5.32 Å². The molecule has 1 unspecified atom stereocenters. The molecule has 3 aromatic rings. The lowest BCUT2D eigenvalue weighted by atomic mass is 10.0. The minimum absolute atomic E-state index is 0.182. The van der Waals surface area contributed by atoms with Crippen LogP contribution in [0.2, 0.25) is 10.0 Å². The molecule has 0 aliphatic carbocycles. The van der Waals surface area contributed by atoms with Gasteiger partial charge in [0.1, 0.15) is 0 Å². The van der Waals surface area contributed by atoms with Crippen molar-refractivity contribution in [2.75, 3.05) is 5.32 Å². The molecular weight excluding hydrogens is 415 g/mol. The summed E-state index contributed by atoms with van der Waals surface area (Å²) in [6, 6.07) is 12.0. The fourth-order valence-electron chi connectivity index (χ4n) is 2.75. The van der Waals surface area contributed by atoms with Crippen LogP contribution in [-0.2, 0) is 11.3 Å². The Bertz CT molecular complexity index is 1080. The highest BCUT2D eigenvalue weighted by Gasteiger charge is 2.18. The zero-order valence-electron chi connectivity index (χ0n) is 15.7. The predicted molar refractivity (Wildman–Crippen MR) is 111 cm³/mol. The Morgan fingerprint density at radius 1 is 1.17 bits per heavy atom. The number of carboxylic acids is 1. The van der Waals surface area contributed by atoms with Gasteiger partial charge in [-0.1, -0.05) is 46.6 Å². The third-order valence-electron chi connectivity index (χ3n) is 4.53. The van der Waals surface area contributed by atoms with E-state index in [1.807, 2.05) is 6.07 Å². The molecule has 0 radical (unpaired) electrons. The number of nitrogens with one attached hydrogen (secondary N) is 1. The summed E-state index contributed by atoms with van der Waals surface area (Å²) < 4.78 is 1.59. The van der Waals surface area contributed by atoms with Crippen molar-refractivity contribution in [1.29, 1.82) is 0 Å². The second kappa shape index (κ2) is 8.63. The van der Waals surface area contributed by atoms with Crippen molar-refractivity contribution < 1.29 is 14.7 Å². The van der Waals surface area contributed by atoms with Crippen molar-refractivity contribution in [3.63, 3.8) is 0 Å². The van der Waals surface area contributed by atoms with Crippen LogP contribution in [0.5, 0.6) is 0 Å². The number of carbonyl (C=O) groups excluding carboxylic acids is 1. The van der Waals surface area contributed by atoms with Crippen molar-refractivity contribution in [1.82, 2.24) is 15.0 Å². The number of hydrogen-bond acceptors (Lipinski definition) is 4. The molecular formula is C20H18Cl2N4O3. The normalized spacial score (nSPS) is 11.9. The minimum Gasteiger partial charge on any atom is -0.481 e. The molecule has 1 amide bonds. The molecule has 1 aromatic heterocycles. The first-order chi connectivity index (χ1) is 13.8. The fourth-order valence-corrected chi connectivity index (χ4v) is 3.07. The number of halogens is 2. The summed E-state index contributed by atoms with van der Waals surface area (Å²) in [6.45, 7) is 3.71. The Hall–Kier alpha value is -2.90. The smallest absolute Gasteiger partial charge is 0.310 e. The van der Waals surface area contributed by atoms with Gasteiger partial charge in [0.2, 0.25) is 0 Å². The number of aromatic nitrogens is 3. The van der Waals surface area contributed by atoms with E-state index in [2.05, 4.69) is 15.6 Å². The summed E-state index contributed by atoms with van der Waals surface area (Å²) in [4.78, 5) is 23.8. The molecule has 0 aliphatic rings. The van der Waals surface area contributed by atoms with Gasteiger partial charge >= 0.3 is 5.97 Å². The lowest BCUT2D eigenvalue weighted by Gasteiger charge is -2.10. The molecule has 2 aromatic carbocycles. The third-order valence-corrected chi connectivity index (χ3v) is 5.27. The number of carboxylic acid groups (broad SMARTS) is 1. The third kappa shape index (κ3) is 4.75. The Morgan fingerprint density at radius 3 is 2.62 bits per heavy atom. The number of anilines is 1. The summed E-state index contributed by atoms with van der Waals surface area (Å²) in [5.41, 5.74) is 2.72. The van der Waals surface area contributed by atoms with Gasteiger partial charge in [-0.3, -0.25) is 9.59 Å². The van der Waals surface area contributed by atoms with E-state index < -0.39 is 17.8 Å². The lowest BCUT2D eigenvalue weighted by molar-refractivity contribution is -0.138. The number of amides is 1. The maximum absolute atomic E-state index is 12.6. The van der Waals surface area contributed by atoms with E-state index in [1.165, 1.54) is 0 Å². The van der Waals surface area contributed by atoms with E-state index in [4.69, 9.17) is 28.3 Å². The lowest BCUT2D eigenvalue weighted by Crippen LogP contribution is -2.15. The van der Waals surface area contributed by atoms with Crippen LogP contribution in [0.3, 0.4) is 0 Å². The maximum atomic E-state index is 12.6. The summed E-state index contributed by atoms with van der Waals surface area (Å²) in [5.74, 6) is -2.04. The summed E-state index contributed by atoms with van der Waals surface area (Å²) in [7, 11) is 0. The molecule has 0 bridgehead atoms. The Morgan fingerprint density at radius 2 is 1.93 bits per heavy atom. The van der Waals surface area contributed by atoms with Crippen LogP contribution in [-0.4, -0.2) is 32.0 Å². The van der Waals surface area contributed by atoms with Gasteiger partial charge in [0, 0.05) is 5.69 Å². The number of aliphatic carboxylic acids is 1. The van der Waals surface area contributed by atoms with Gasteiger partial charge in [0.15, 0.2) is 5.69 Å². The monoisotopic (exact) mass is 432 g/mol. The first kappa shape index (κ1) is 20.8. The van der Waals surface area contributed by atoms with Gasteiger partial charge in [0.25, 0.3) is 5.91 Å². The zero-order chi connectivity index (χ0) is 21.1. The van der Waals surface area contributed by atoms with Crippen LogP contribution in [0, 0.1) is 6.92 Å². The Balaban J connectivity index is 1.76. The molecule has 0 fully saturated rings. The molecule has 2 N–H and O–H groups in total. The number of nitrogens with zero attached hydrogens (tertiary/aromatic N) is 3. The largest absolute Gasteiger partial charge is 0.481 e. The quantitative estimate of drug-likeness (QED) is 0.601. The molecule has 150 valence electrons. The van der Waals surface area contributed by atoms with Crippen molar-refractivity contribution in [3.8, 4) is 0 Å². The van der Waals surface area contributed by atoms with Gasteiger partial charge in [-0.15, -0.1) is 5.10 Å². The Labute approximate surface area is 177 Å². The molecule has 3 rings (SSSR count). The van der Waals surface area contributed by atoms with Crippen LogP contribution in [0.1, 0.15) is 40.2 Å². The highest BCUT2D eigenvalue weighted by molar-refractivity contribution is 6.42. The number of rotatable bonds is 6. The van der Waals surface area contributed by atoms with Crippen molar-refractivity contribution in [2.24, 2.45) is 0 Å². The summed E-state index contributed by atoms with van der Waals surface area (Å²) in [6.07, 6.45) is 0. The van der Waals surface area contributed by atoms with E-state index in [-0.39, 0.29) is 5.69 Å². The standard InChI is InChI=1S/C20H18Cl2N4O3/c1-11(20(28)29)14-4-3-5-15(9-14)23-19(27)18-12(2)26(25-24-18)10-13-6-7-16(21)17(22)8-13/h3-9,11H,10H2,1-2H3,(H,23,27)(H,28,29). The number of carbonyl (C=O) groups is 2. The number of benzene rings is 2. The van der Waals surface area contributed by atoms with Gasteiger partial charge in [-0.25, -0.2) is 4.68 Å². The Kier molecular flexibility index (Phi) is 6.20. The molecule has 29 heavy (non-hydrogen) atoms. The highest BCUT2D eigenvalue weighted by atomic mass is 35.5. The van der Waals surface area contributed by atoms with Gasteiger partial charge in [-0.2, -0.15) is 0 Å². The molecule has 1 atom stereocenters. The zero-order valence-corrected chi connectivity index (χ0v) is 17.2. The highest BCUT2D eigenvalue weighted by Crippen LogP contribution is 2.23. The summed E-state index contributed by atoms with van der Waals surface area (Å²) >= 11 is 12.0. The number of hydrogen-bond donors (Lipinski definition) is 2.